The van der Waals surface area contributed by atoms with Crippen LogP contribution < -0.4 is 9.47 Å². The minimum absolute atomic E-state index is 0.0123. The van der Waals surface area contributed by atoms with Crippen LogP contribution in [0, 0.1) is 0 Å². The van der Waals surface area contributed by atoms with Crippen LogP contribution in [0.3, 0.4) is 0 Å². The van der Waals surface area contributed by atoms with Gasteiger partial charge >= 0.3 is 6.18 Å². The van der Waals surface area contributed by atoms with Gasteiger partial charge in [0, 0.05) is 6.07 Å². The van der Waals surface area contributed by atoms with Crippen molar-refractivity contribution in [2.75, 3.05) is 19.8 Å². The van der Waals surface area contributed by atoms with Gasteiger partial charge in [0.2, 0.25) is 0 Å². The molecule has 0 saturated carbocycles. The molecule has 1 rings (SSSR count). The van der Waals surface area contributed by atoms with Crippen LogP contribution in [0.15, 0.2) is 27.3 Å². The van der Waals surface area contributed by atoms with Crippen LogP contribution in [0.25, 0.3) is 0 Å². The number of rotatable bonds is 11. The second-order valence-electron chi connectivity index (χ2n) is 5.87. The van der Waals surface area contributed by atoms with Gasteiger partial charge in [-0.25, -0.2) is 0 Å². The summed E-state index contributed by atoms with van der Waals surface area (Å²) in [6.07, 6.45) is -1.19. The van der Waals surface area contributed by atoms with Crippen molar-refractivity contribution in [3.8, 4) is 11.5 Å². The van der Waals surface area contributed by atoms with Crippen LogP contribution in [0.2, 0.25) is 5.02 Å². The number of hydrogen-bond donors (Lipinski definition) is 0. The first kappa shape index (κ1) is 24.9. The Labute approximate surface area is 180 Å². The summed E-state index contributed by atoms with van der Waals surface area (Å²) in [6.45, 7) is 4.17. The van der Waals surface area contributed by atoms with Gasteiger partial charge in [-0.1, -0.05) is 28.4 Å². The van der Waals surface area contributed by atoms with Crippen molar-refractivity contribution in [3.05, 3.63) is 32.7 Å². The second kappa shape index (κ2) is 12.4. The van der Waals surface area contributed by atoms with Crippen molar-refractivity contribution < 1.29 is 27.5 Å². The van der Waals surface area contributed by atoms with Crippen molar-refractivity contribution in [1.29, 1.82) is 0 Å². The largest absolute Gasteiger partial charge is 0.491 e. The molecule has 0 aromatic heterocycles. The van der Waals surface area contributed by atoms with E-state index in [0.717, 1.165) is 24.6 Å². The molecular formula is C18H21BrCl2F3NO3. The highest BCUT2D eigenvalue weighted by atomic mass is 79.9. The lowest BCUT2D eigenvalue weighted by Crippen LogP contribution is -2.11. The minimum Gasteiger partial charge on any atom is -0.491 e. The summed E-state index contributed by atoms with van der Waals surface area (Å²) in [5.41, 5.74) is -0.170. The number of unbranched alkanes of at least 4 members (excludes halogenated alkanes) is 2. The third-order valence-corrected chi connectivity index (χ3v) is 3.94. The van der Waals surface area contributed by atoms with E-state index in [1.54, 1.807) is 0 Å². The van der Waals surface area contributed by atoms with Crippen LogP contribution in [-0.2, 0) is 11.0 Å². The maximum Gasteiger partial charge on any atom is 0.420 e. The number of hydrogen-bond acceptors (Lipinski definition) is 4. The average Bonchev–Trinajstić information content (AvgIpc) is 2.56. The molecule has 0 aliphatic heterocycles. The molecule has 0 saturated heterocycles. The van der Waals surface area contributed by atoms with E-state index in [0.29, 0.717) is 13.0 Å². The molecule has 0 atom stereocenters. The second-order valence-corrected chi connectivity index (χ2v) is 7.99. The van der Waals surface area contributed by atoms with Crippen LogP contribution >= 0.6 is 39.1 Å². The first-order valence-corrected chi connectivity index (χ1v) is 9.96. The molecule has 0 aliphatic carbocycles. The number of ether oxygens (including phenoxy) is 2. The summed E-state index contributed by atoms with van der Waals surface area (Å²) >= 11 is 14.6. The Bertz CT molecular complexity index is 689. The van der Waals surface area contributed by atoms with E-state index in [-0.39, 0.29) is 27.9 Å². The molecule has 1 aromatic carbocycles. The van der Waals surface area contributed by atoms with E-state index in [9.17, 15) is 13.2 Å². The molecule has 0 fully saturated rings. The predicted octanol–water partition coefficient (Wildman–Crippen LogP) is 7.17. The average molecular weight is 507 g/mol. The lowest BCUT2D eigenvalue weighted by molar-refractivity contribution is -0.139. The molecule has 10 heteroatoms. The monoisotopic (exact) mass is 505 g/mol. The van der Waals surface area contributed by atoms with E-state index < -0.39 is 17.5 Å². The molecular weight excluding hydrogens is 486 g/mol. The smallest absolute Gasteiger partial charge is 0.420 e. The Morgan fingerprint density at radius 2 is 1.82 bits per heavy atom. The van der Waals surface area contributed by atoms with Gasteiger partial charge in [0.05, 0.1) is 21.3 Å². The van der Waals surface area contributed by atoms with Gasteiger partial charge in [-0.3, -0.25) is 0 Å². The number of benzene rings is 1. The standard InChI is InChI=1S/C18H21BrCl2F3NO3/c1-12(2)25-28-8-5-3-4-7-27-17-14(18(22,23)24)10-13(11-15(17)20)26-9-6-16(19)21/h6,10-11H,3-5,7-9H2,1-2H3/b16-6-. The van der Waals surface area contributed by atoms with Crippen molar-refractivity contribution in [3.63, 3.8) is 0 Å². The van der Waals surface area contributed by atoms with Gasteiger partial charge in [0.15, 0.2) is 0 Å². The predicted molar refractivity (Wildman–Crippen MR) is 109 cm³/mol. The molecule has 0 bridgehead atoms. The Morgan fingerprint density at radius 1 is 1.14 bits per heavy atom. The zero-order valence-corrected chi connectivity index (χ0v) is 18.5. The topological polar surface area (TPSA) is 40.0 Å². The van der Waals surface area contributed by atoms with Gasteiger partial charge < -0.3 is 14.3 Å². The molecule has 0 aliphatic rings. The highest BCUT2D eigenvalue weighted by Gasteiger charge is 2.36. The highest BCUT2D eigenvalue weighted by molar-refractivity contribution is 9.12. The zero-order valence-electron chi connectivity index (χ0n) is 15.4. The summed E-state index contributed by atoms with van der Waals surface area (Å²) in [6, 6.07) is 2.14. The molecule has 4 nitrogen and oxygen atoms in total. The van der Waals surface area contributed by atoms with Crippen molar-refractivity contribution >= 4 is 44.8 Å². The van der Waals surface area contributed by atoms with Gasteiger partial charge in [0.1, 0.15) is 30.3 Å². The van der Waals surface area contributed by atoms with Crippen LogP contribution in [-0.4, -0.2) is 25.5 Å². The minimum atomic E-state index is -4.63. The highest BCUT2D eigenvalue weighted by Crippen LogP contribution is 2.43. The first-order chi connectivity index (χ1) is 13.1. The van der Waals surface area contributed by atoms with E-state index in [2.05, 4.69) is 21.1 Å². The number of halogens is 6. The summed E-state index contributed by atoms with van der Waals surface area (Å²) in [4.78, 5) is 5.05. The van der Waals surface area contributed by atoms with E-state index in [1.807, 2.05) is 13.8 Å². The van der Waals surface area contributed by atoms with Gasteiger partial charge in [0.25, 0.3) is 0 Å². The van der Waals surface area contributed by atoms with Gasteiger partial charge in [-0.05, 0) is 61.2 Å². The number of oxime groups is 1. The van der Waals surface area contributed by atoms with Crippen molar-refractivity contribution in [1.82, 2.24) is 0 Å². The van der Waals surface area contributed by atoms with E-state index in [1.165, 1.54) is 12.1 Å². The zero-order chi connectivity index (χ0) is 21.2. The third-order valence-electron chi connectivity index (χ3n) is 3.18. The summed E-state index contributed by atoms with van der Waals surface area (Å²) in [5, 5.41) is 3.63. The van der Waals surface area contributed by atoms with Gasteiger partial charge in [-0.2, -0.15) is 13.2 Å². The Balaban J connectivity index is 2.66. The quantitative estimate of drug-likeness (QED) is 0.181. The molecule has 0 amide bonds. The van der Waals surface area contributed by atoms with Crippen LogP contribution in [0.4, 0.5) is 13.2 Å². The molecule has 1 aromatic rings. The van der Waals surface area contributed by atoms with E-state index >= 15 is 0 Å². The fraction of sp³-hybridized carbons (Fsp3) is 0.500. The lowest BCUT2D eigenvalue weighted by Gasteiger charge is -2.17. The summed E-state index contributed by atoms with van der Waals surface area (Å²) in [5.74, 6) is -0.437. The number of alkyl halides is 3. The van der Waals surface area contributed by atoms with Gasteiger partial charge in [-0.15, -0.1) is 0 Å². The summed E-state index contributed by atoms with van der Waals surface area (Å²) in [7, 11) is 0. The molecule has 0 N–H and O–H groups in total. The molecule has 0 unspecified atom stereocenters. The maximum atomic E-state index is 13.4. The first-order valence-electron chi connectivity index (χ1n) is 8.42. The summed E-state index contributed by atoms with van der Waals surface area (Å²) < 4.78 is 51.0. The molecule has 28 heavy (non-hydrogen) atoms. The fourth-order valence-electron chi connectivity index (χ4n) is 2.00. The van der Waals surface area contributed by atoms with Crippen molar-refractivity contribution in [2.24, 2.45) is 5.16 Å². The lowest BCUT2D eigenvalue weighted by atomic mass is 10.1. The van der Waals surface area contributed by atoms with Crippen LogP contribution in [0.5, 0.6) is 11.5 Å². The SMILES string of the molecule is CC(C)=NOCCCCCOc1c(Cl)cc(OC/C=C(\Cl)Br)cc1C(F)(F)F. The van der Waals surface area contributed by atoms with Crippen LogP contribution in [0.1, 0.15) is 38.7 Å². The van der Waals surface area contributed by atoms with Crippen molar-refractivity contribution in [2.45, 2.75) is 39.3 Å². The fourth-order valence-corrected chi connectivity index (χ4v) is 2.46. The molecule has 158 valence electrons. The Hall–Kier alpha value is -1.12. The Kier molecular flexibility index (Phi) is 11.1. The normalized spacial score (nSPS) is 11.9. The molecule has 0 radical (unpaired) electrons. The number of nitrogens with zero attached hydrogens (tertiary/aromatic N) is 1. The maximum absolute atomic E-state index is 13.4. The molecule has 0 spiro atoms. The Morgan fingerprint density at radius 3 is 2.43 bits per heavy atom. The third kappa shape index (κ3) is 9.89. The molecule has 0 heterocycles. The van der Waals surface area contributed by atoms with E-state index in [4.69, 9.17) is 37.5 Å².